The van der Waals surface area contributed by atoms with Crippen LogP contribution in [0.3, 0.4) is 0 Å². The number of rotatable bonds is 3. The molecule has 1 unspecified atom stereocenters. The molecule has 5 heteroatoms. The molecule has 0 aliphatic carbocycles. The predicted molar refractivity (Wildman–Crippen MR) is 38.9 cm³/mol. The van der Waals surface area contributed by atoms with E-state index in [9.17, 15) is 4.79 Å². The highest BCUT2D eigenvalue weighted by Gasteiger charge is 2.20. The number of carbonyl (C=O) groups is 1. The molecule has 12 heavy (non-hydrogen) atoms. The van der Waals surface area contributed by atoms with E-state index in [1.54, 1.807) is 6.92 Å². The van der Waals surface area contributed by atoms with Crippen molar-refractivity contribution in [3.63, 3.8) is 0 Å². The molecule has 0 aromatic carbocycles. The van der Waals surface area contributed by atoms with Crippen LogP contribution < -0.4 is 0 Å². The molecule has 1 rings (SSSR count). The van der Waals surface area contributed by atoms with Crippen LogP contribution in [-0.4, -0.2) is 23.2 Å². The van der Waals surface area contributed by atoms with Gasteiger partial charge in [-0.3, -0.25) is 0 Å². The van der Waals surface area contributed by atoms with Gasteiger partial charge in [0, 0.05) is 7.11 Å². The summed E-state index contributed by atoms with van der Waals surface area (Å²) in [4.78, 5) is 14.1. The minimum absolute atomic E-state index is 0.0932. The van der Waals surface area contributed by atoms with Crippen molar-refractivity contribution >= 4 is 5.97 Å². The monoisotopic (exact) mass is 171 g/mol. The first-order valence-electron chi connectivity index (χ1n) is 3.36. The van der Waals surface area contributed by atoms with Gasteiger partial charge in [0.25, 0.3) is 0 Å². The molecule has 0 spiro atoms. The minimum Gasteiger partial charge on any atom is -0.476 e. The number of hydrogen-bond acceptors (Lipinski definition) is 4. The Hall–Kier alpha value is -1.36. The van der Waals surface area contributed by atoms with Gasteiger partial charge >= 0.3 is 5.97 Å². The van der Waals surface area contributed by atoms with Gasteiger partial charge in [0.1, 0.15) is 6.10 Å². The smallest absolute Gasteiger partial charge is 0.358 e. The van der Waals surface area contributed by atoms with E-state index in [1.807, 2.05) is 0 Å². The number of ether oxygens (including phenoxy) is 1. The maximum atomic E-state index is 10.5. The Morgan fingerprint density at radius 1 is 1.83 bits per heavy atom. The Kier molecular flexibility index (Phi) is 2.44. The van der Waals surface area contributed by atoms with Crippen LogP contribution in [0.25, 0.3) is 0 Å². The molecular weight excluding hydrogens is 162 g/mol. The third-order valence-corrected chi connectivity index (χ3v) is 1.52. The van der Waals surface area contributed by atoms with Gasteiger partial charge in [0.05, 0.1) is 0 Å². The topological polar surface area (TPSA) is 72.6 Å². The Morgan fingerprint density at radius 3 is 3.00 bits per heavy atom. The van der Waals surface area contributed by atoms with Gasteiger partial charge in [0.2, 0.25) is 0 Å². The van der Waals surface area contributed by atoms with Crippen molar-refractivity contribution < 1.29 is 19.1 Å². The molecule has 0 saturated carbocycles. The van der Waals surface area contributed by atoms with Crippen molar-refractivity contribution in [2.24, 2.45) is 0 Å². The number of methoxy groups -OCH3 is 1. The maximum Gasteiger partial charge on any atom is 0.358 e. The van der Waals surface area contributed by atoms with Crippen LogP contribution in [0.4, 0.5) is 0 Å². The summed E-state index contributed by atoms with van der Waals surface area (Å²) in [6, 6.07) is 0. The summed E-state index contributed by atoms with van der Waals surface area (Å²) in [7, 11) is 1.47. The lowest BCUT2D eigenvalue weighted by atomic mass is 10.2. The fraction of sp³-hybridized carbons (Fsp3) is 0.429. The van der Waals surface area contributed by atoms with E-state index in [0.29, 0.717) is 0 Å². The van der Waals surface area contributed by atoms with E-state index in [1.165, 1.54) is 7.11 Å². The highest BCUT2D eigenvalue weighted by molar-refractivity contribution is 5.86. The lowest BCUT2D eigenvalue weighted by molar-refractivity contribution is 0.0664. The quantitative estimate of drug-likeness (QED) is 0.736. The zero-order chi connectivity index (χ0) is 9.14. The highest BCUT2D eigenvalue weighted by Crippen LogP contribution is 2.18. The van der Waals surface area contributed by atoms with E-state index in [-0.39, 0.29) is 11.5 Å². The summed E-state index contributed by atoms with van der Waals surface area (Å²) in [5, 5.41) is 8.62. The Bertz CT molecular complexity index is 281. The van der Waals surface area contributed by atoms with Crippen molar-refractivity contribution in [2.75, 3.05) is 7.11 Å². The maximum absolute atomic E-state index is 10.5. The van der Waals surface area contributed by atoms with Crippen molar-refractivity contribution in [3.05, 3.63) is 17.8 Å². The van der Waals surface area contributed by atoms with E-state index in [2.05, 4.69) is 4.98 Å². The van der Waals surface area contributed by atoms with Gasteiger partial charge in [-0.05, 0) is 6.92 Å². The third kappa shape index (κ3) is 1.45. The zero-order valence-corrected chi connectivity index (χ0v) is 6.77. The van der Waals surface area contributed by atoms with Crippen LogP contribution in [0.15, 0.2) is 10.8 Å². The average molecular weight is 171 g/mol. The summed E-state index contributed by atoms with van der Waals surface area (Å²) in [5.74, 6) is -0.868. The summed E-state index contributed by atoms with van der Waals surface area (Å²) >= 11 is 0. The van der Waals surface area contributed by atoms with Crippen molar-refractivity contribution in [1.29, 1.82) is 0 Å². The summed E-state index contributed by atoms with van der Waals surface area (Å²) in [6.07, 6.45) is 0.701. The van der Waals surface area contributed by atoms with Crippen LogP contribution in [0.1, 0.15) is 29.3 Å². The van der Waals surface area contributed by atoms with Crippen LogP contribution in [-0.2, 0) is 4.74 Å². The molecule has 1 atom stereocenters. The second kappa shape index (κ2) is 3.36. The fourth-order valence-electron chi connectivity index (χ4n) is 0.811. The largest absolute Gasteiger partial charge is 0.476 e. The molecule has 66 valence electrons. The molecule has 5 nitrogen and oxygen atoms in total. The summed E-state index contributed by atoms with van der Waals surface area (Å²) in [6.45, 7) is 1.69. The van der Waals surface area contributed by atoms with E-state index in [0.717, 1.165) is 6.39 Å². The number of nitrogens with zero attached hydrogens (tertiary/aromatic N) is 1. The second-order valence-corrected chi connectivity index (χ2v) is 2.25. The molecule has 0 aliphatic rings. The minimum atomic E-state index is -1.11. The van der Waals surface area contributed by atoms with E-state index < -0.39 is 12.1 Å². The molecule has 1 heterocycles. The number of aromatic nitrogens is 1. The van der Waals surface area contributed by atoms with Crippen LogP contribution in [0.2, 0.25) is 0 Å². The normalized spacial score (nSPS) is 12.8. The number of carboxylic acid groups (broad SMARTS) is 1. The molecule has 0 saturated heterocycles. The Labute approximate surface area is 69.0 Å². The van der Waals surface area contributed by atoms with Gasteiger partial charge < -0.3 is 14.3 Å². The molecule has 0 fully saturated rings. The standard InChI is InChI=1S/C7H9NO4/c1-4(11-2)6-5(7(9)10)8-3-12-6/h3-4H,1-2H3,(H,9,10). The van der Waals surface area contributed by atoms with Crippen molar-refractivity contribution in [3.8, 4) is 0 Å². The first kappa shape index (κ1) is 8.73. The van der Waals surface area contributed by atoms with E-state index >= 15 is 0 Å². The van der Waals surface area contributed by atoms with Crippen LogP contribution >= 0.6 is 0 Å². The number of carboxylic acids is 1. The first-order chi connectivity index (χ1) is 5.66. The molecule has 1 aromatic heterocycles. The number of hydrogen-bond donors (Lipinski definition) is 1. The Balaban J connectivity index is 2.98. The molecule has 0 bridgehead atoms. The number of oxazole rings is 1. The summed E-state index contributed by atoms with van der Waals surface area (Å²) < 4.78 is 9.75. The van der Waals surface area contributed by atoms with Crippen molar-refractivity contribution in [1.82, 2.24) is 4.98 Å². The SMILES string of the molecule is COC(C)c1ocnc1C(=O)O. The molecule has 1 N–H and O–H groups in total. The predicted octanol–water partition coefficient (Wildman–Crippen LogP) is 1.08. The second-order valence-electron chi connectivity index (χ2n) is 2.25. The zero-order valence-electron chi connectivity index (χ0n) is 6.77. The van der Waals surface area contributed by atoms with Gasteiger partial charge in [-0.25, -0.2) is 9.78 Å². The lowest BCUT2D eigenvalue weighted by Gasteiger charge is -2.04. The highest BCUT2D eigenvalue weighted by atomic mass is 16.5. The number of aromatic carboxylic acids is 1. The van der Waals surface area contributed by atoms with Crippen LogP contribution in [0, 0.1) is 0 Å². The van der Waals surface area contributed by atoms with E-state index in [4.69, 9.17) is 14.3 Å². The molecule has 0 radical (unpaired) electrons. The molecule has 1 aromatic rings. The fourth-order valence-corrected chi connectivity index (χ4v) is 0.811. The van der Waals surface area contributed by atoms with Gasteiger partial charge in [0.15, 0.2) is 17.8 Å². The van der Waals surface area contributed by atoms with Crippen molar-refractivity contribution in [2.45, 2.75) is 13.0 Å². The molecular formula is C7H9NO4. The Morgan fingerprint density at radius 2 is 2.50 bits per heavy atom. The van der Waals surface area contributed by atoms with Crippen LogP contribution in [0.5, 0.6) is 0 Å². The average Bonchev–Trinajstić information content (AvgIpc) is 2.50. The van der Waals surface area contributed by atoms with Gasteiger partial charge in [-0.2, -0.15) is 0 Å². The summed E-state index contributed by atoms with van der Waals surface area (Å²) in [5.41, 5.74) is -0.0932. The first-order valence-corrected chi connectivity index (χ1v) is 3.36. The van der Waals surface area contributed by atoms with Gasteiger partial charge in [-0.1, -0.05) is 0 Å². The van der Waals surface area contributed by atoms with Gasteiger partial charge in [-0.15, -0.1) is 0 Å². The lowest BCUT2D eigenvalue weighted by Crippen LogP contribution is -2.04. The molecule has 0 amide bonds. The third-order valence-electron chi connectivity index (χ3n) is 1.52. The molecule has 0 aliphatic heterocycles.